The molecule has 36 nitrogen and oxygen atoms in total. The van der Waals surface area contributed by atoms with Crippen molar-refractivity contribution in [3.63, 3.8) is 0 Å². The molecule has 0 unspecified atom stereocenters. The van der Waals surface area contributed by atoms with Gasteiger partial charge in [-0.05, 0) is 147 Å². The van der Waals surface area contributed by atoms with E-state index in [9.17, 15) is 57.5 Å². The fraction of sp³-hybridized carbons (Fsp3) is 0.882. The Kier molecular flexibility index (Phi) is 156. The first-order valence-corrected chi connectivity index (χ1v) is 64.0. The minimum Gasteiger partial charge on any atom is -0.480 e. The van der Waals surface area contributed by atoms with Crippen LogP contribution in [0.1, 0.15) is 347 Å². The van der Waals surface area contributed by atoms with Gasteiger partial charge in [0.15, 0.2) is 58.6 Å². The second-order valence-corrected chi connectivity index (χ2v) is 47.4. The maximum absolute atomic E-state index is 11.4. The van der Waals surface area contributed by atoms with Crippen LogP contribution in [0.25, 0.3) is 0 Å². The summed E-state index contributed by atoms with van der Waals surface area (Å²) < 4.78 is 58.9. The van der Waals surface area contributed by atoms with Gasteiger partial charge < -0.3 is 85.6 Å². The molecule has 6 N–H and O–H groups in total. The molecular weight excluding hydrogens is 2170 g/mol. The third-order valence-electron chi connectivity index (χ3n) is 24.1. The summed E-state index contributed by atoms with van der Waals surface area (Å²) in [4.78, 5) is 142. The molecule has 47 heteroatoms. The van der Waals surface area contributed by atoms with Crippen LogP contribution in [-0.4, -0.2) is 426 Å². The van der Waals surface area contributed by atoms with Gasteiger partial charge in [0.1, 0.15) is 0 Å². The van der Waals surface area contributed by atoms with E-state index in [1.54, 1.807) is 33.8 Å². The molecule has 0 bridgehead atoms. The number of nitrogens with zero attached hydrogens (tertiary/aromatic N) is 6. The maximum atomic E-state index is 11.4. The van der Waals surface area contributed by atoms with E-state index in [0.717, 1.165) is 89.9 Å². The van der Waals surface area contributed by atoms with Crippen LogP contribution in [0.5, 0.6) is 0 Å². The SMILES string of the molecule is CO[SiH2]CCCCCCCCCCCN(CC(=O)O)CC(=O)O.CO[SiH2]CCCCCCCCCCCN(CC(=O)O)CC(=O)O.CO[SiH2]CCCCCCCCCCCN(CC(=O)O)CC(=O)OC.CO[SiH2]CCCCCCCCCCCN(CC(=O)O)CC(=O)OC.CO[SiH2]CCCCCCCCCCCN(CC(=O)OC)CC(=O)OC.CO[SiH2]CCCCCCCCCCCN(CC(=O)OC)CC(=O)OC.[Cu].[Cu].[SiH4].[SiH4].[SiH4]. The molecule has 898 valence electrons. The number of hydrogen-bond donors (Lipinski definition) is 6. The van der Waals surface area contributed by atoms with E-state index >= 15 is 0 Å². The third kappa shape index (κ3) is 148. The second kappa shape index (κ2) is 138. The molecule has 0 saturated carbocycles. The summed E-state index contributed by atoms with van der Waals surface area (Å²) in [6, 6.07) is 7.80. The van der Waals surface area contributed by atoms with Gasteiger partial charge in [-0.3, -0.25) is 86.9 Å². The summed E-state index contributed by atoms with van der Waals surface area (Å²) in [5, 5.41) is 52.7. The molecule has 0 amide bonds. The van der Waals surface area contributed by atoms with Gasteiger partial charge in [0.2, 0.25) is 0 Å². The van der Waals surface area contributed by atoms with E-state index < -0.39 is 35.8 Å². The fourth-order valence-corrected chi connectivity index (χ4v) is 21.0. The molecule has 0 aliphatic carbocycles. The van der Waals surface area contributed by atoms with Crippen LogP contribution in [0.15, 0.2) is 0 Å². The average molecular weight is 2390 g/mol. The number of carboxylic acids is 6. The van der Waals surface area contributed by atoms with E-state index in [0.29, 0.717) is 39.3 Å². The number of aliphatic carboxylic acids is 6. The molecule has 0 aliphatic heterocycles. The molecule has 0 aromatic heterocycles. The summed E-state index contributed by atoms with van der Waals surface area (Å²) in [5.74, 6) is -7.77. The Morgan fingerprint density at radius 3 is 0.336 bits per heavy atom. The molecule has 0 heterocycles. The third-order valence-corrected chi connectivity index (χ3v) is 31.3. The van der Waals surface area contributed by atoms with E-state index in [1.807, 2.05) is 28.4 Å². The summed E-state index contributed by atoms with van der Waals surface area (Å²) in [5.41, 5.74) is 0. The first kappa shape index (κ1) is 168. The number of esters is 6. The quantitative estimate of drug-likeness (QED) is 0.0143. The number of carbonyl (C=O) groups is 12. The summed E-state index contributed by atoms with van der Waals surface area (Å²) in [6.07, 6.45) is 65.9. The van der Waals surface area contributed by atoms with Crippen molar-refractivity contribution in [1.29, 1.82) is 0 Å². The Morgan fingerprint density at radius 2 is 0.242 bits per heavy atom. The molecule has 2 radical (unpaired) electrons. The van der Waals surface area contributed by atoms with Crippen molar-refractivity contribution in [2.45, 2.75) is 383 Å². The molecule has 0 aromatic rings. The van der Waals surface area contributed by atoms with Gasteiger partial charge in [0.05, 0.1) is 121 Å². The predicted octanol–water partition coefficient (Wildman–Crippen LogP) is 8.87. The monoisotopic (exact) mass is 2390 g/mol. The number of carbonyl (C=O) groups excluding carboxylic acids is 6. The Morgan fingerprint density at radius 1 is 0.154 bits per heavy atom. The van der Waals surface area contributed by atoms with E-state index in [-0.39, 0.29) is 240 Å². The standard InChI is InChI=1S/2C18H37NO5Si.2C17H35NO5Si.2C16H33NO5Si.2Cu.3H4Si/c2*1-22-17(20)15-19(16-18(21)23-2)13-11-9-7-5-4-6-8-10-12-14-25-24-3;2*1-22-17(21)15-18(14-16(19)20)12-10-8-6-4-3-5-7-9-11-13-24-23-2;2*1-22-23-12-10-8-6-4-2-3-5-7-9-11-17(13-15(18)19)14-16(20)21;;;;;/h2*4-16,25H2,1-3H3;2*3-15,24H2,1-2H3,(H,19,20);2*2-14,23H2,1H3,(H,18,19)(H,20,21);;;3*1H4. The van der Waals surface area contributed by atoms with Crippen LogP contribution in [0, 0.1) is 0 Å². The second-order valence-electron chi connectivity index (χ2n) is 37.3. The van der Waals surface area contributed by atoms with Crippen LogP contribution in [0.2, 0.25) is 36.3 Å². The van der Waals surface area contributed by atoms with Crippen molar-refractivity contribution < 1.29 is 177 Å². The summed E-state index contributed by atoms with van der Waals surface area (Å²) in [7, 11) is 17.6. The Labute approximate surface area is 949 Å². The number of hydrogen-bond acceptors (Lipinski definition) is 30. The summed E-state index contributed by atoms with van der Waals surface area (Å²) in [6.45, 7) is 3.42. The molecule has 0 rings (SSSR count). The van der Waals surface area contributed by atoms with E-state index in [4.69, 9.17) is 57.2 Å². The first-order chi connectivity index (χ1) is 69.6. The van der Waals surface area contributed by atoms with Crippen molar-refractivity contribution in [2.24, 2.45) is 0 Å². The van der Waals surface area contributed by atoms with Crippen molar-refractivity contribution in [2.75, 3.05) is 203 Å². The molecule has 0 spiro atoms. The maximum Gasteiger partial charge on any atom is 0.319 e. The first-order valence-electron chi connectivity index (χ1n) is 54.6. The number of rotatable bonds is 102. The molecule has 0 atom stereocenters. The van der Waals surface area contributed by atoms with Gasteiger partial charge in [0, 0.05) is 76.8 Å². The predicted molar refractivity (Wildman–Crippen MR) is 622 cm³/mol. The molecule has 0 aliphatic rings. The Hall–Kier alpha value is -3.85. The van der Waals surface area contributed by atoms with Gasteiger partial charge >= 0.3 is 71.6 Å². The minimum atomic E-state index is -0.973. The Bertz CT molecular complexity index is 2700. The van der Waals surface area contributed by atoms with Gasteiger partial charge in [0.25, 0.3) is 0 Å². The molecule has 149 heavy (non-hydrogen) atoms. The zero-order chi connectivity index (χ0) is 108. The average Bonchev–Trinajstić information content (AvgIpc) is 0.943. The number of unbranched alkanes of at least 4 members (excludes halogenated alkanes) is 48. The molecule has 0 saturated heterocycles. The number of carboxylic acid groups (broad SMARTS) is 6. The van der Waals surface area contributed by atoms with Gasteiger partial charge in [-0.15, -0.1) is 0 Å². The Balaban J connectivity index is -0.000000169. The fourth-order valence-electron chi connectivity index (χ4n) is 15.9. The van der Waals surface area contributed by atoms with Crippen molar-refractivity contribution in [1.82, 2.24) is 29.4 Å². The smallest absolute Gasteiger partial charge is 0.319 e. The van der Waals surface area contributed by atoms with Crippen LogP contribution >= 0.6 is 0 Å². The number of methoxy groups -OCH3 is 6. The van der Waals surface area contributed by atoms with E-state index in [2.05, 4.69) is 28.4 Å². The topological polar surface area (TPSA) is 456 Å². The van der Waals surface area contributed by atoms with Crippen LogP contribution < -0.4 is 0 Å². The zero-order valence-corrected chi connectivity index (χ0v) is 104. The van der Waals surface area contributed by atoms with Gasteiger partial charge in [-0.25, -0.2) is 0 Å². The molecular formula is C102H222Cu2N6O30Si9. The minimum absolute atomic E-state index is 0. The van der Waals surface area contributed by atoms with Crippen LogP contribution in [-0.2, 0) is 147 Å². The zero-order valence-electron chi connectivity index (χ0n) is 93.2. The van der Waals surface area contributed by atoms with E-state index in [1.165, 1.54) is 346 Å². The molecule has 0 fully saturated rings. The largest absolute Gasteiger partial charge is 0.480 e. The van der Waals surface area contributed by atoms with Crippen LogP contribution in [0.3, 0.4) is 0 Å². The molecule has 0 aromatic carbocycles. The van der Waals surface area contributed by atoms with Crippen molar-refractivity contribution >= 4 is 163 Å². The van der Waals surface area contributed by atoms with Crippen LogP contribution in [0.4, 0.5) is 0 Å². The normalized spacial score (nSPS) is 11.1. The number of ether oxygens (including phenoxy) is 6. The van der Waals surface area contributed by atoms with Crippen molar-refractivity contribution in [3.05, 3.63) is 0 Å². The van der Waals surface area contributed by atoms with Gasteiger partial charge in [-0.1, -0.05) is 308 Å². The van der Waals surface area contributed by atoms with Crippen molar-refractivity contribution in [3.8, 4) is 0 Å². The van der Waals surface area contributed by atoms with Gasteiger partial charge in [-0.2, -0.15) is 0 Å². The summed E-state index contributed by atoms with van der Waals surface area (Å²) >= 11 is 0.